The van der Waals surface area contributed by atoms with Gasteiger partial charge in [-0.05, 0) is 50.6 Å². The second kappa shape index (κ2) is 9.18. The molecule has 3 heterocycles. The number of thiazole rings is 2. The zero-order valence-electron chi connectivity index (χ0n) is 19.0. The van der Waals surface area contributed by atoms with Gasteiger partial charge >= 0.3 is 0 Å². The molecule has 35 heavy (non-hydrogen) atoms. The van der Waals surface area contributed by atoms with Crippen molar-refractivity contribution in [2.75, 3.05) is 11.5 Å². The summed E-state index contributed by atoms with van der Waals surface area (Å²) < 4.78 is 7.14. The van der Waals surface area contributed by atoms with Crippen molar-refractivity contribution < 1.29 is 19.4 Å². The van der Waals surface area contributed by atoms with Crippen molar-refractivity contribution in [2.24, 2.45) is 0 Å². The maximum Gasteiger partial charge on any atom is 0.296 e. The van der Waals surface area contributed by atoms with Gasteiger partial charge in [-0.25, -0.2) is 9.97 Å². The van der Waals surface area contributed by atoms with Crippen LogP contribution in [0.5, 0.6) is 5.75 Å². The van der Waals surface area contributed by atoms with Crippen LogP contribution in [0.25, 0.3) is 10.2 Å². The van der Waals surface area contributed by atoms with Crippen LogP contribution in [0.3, 0.4) is 0 Å². The number of ether oxygens (including phenoxy) is 1. The van der Waals surface area contributed by atoms with E-state index < -0.39 is 23.5 Å². The van der Waals surface area contributed by atoms with Crippen LogP contribution in [0.4, 0.5) is 5.13 Å². The molecule has 2 aromatic heterocycles. The highest BCUT2D eigenvalue weighted by Crippen LogP contribution is 2.46. The first-order valence-corrected chi connectivity index (χ1v) is 13.3. The van der Waals surface area contributed by atoms with Gasteiger partial charge in [0, 0.05) is 4.47 Å². The molecule has 1 aliphatic rings. The average molecular weight is 570 g/mol. The Hall–Kier alpha value is -3.08. The Bertz CT molecular complexity index is 1520. The van der Waals surface area contributed by atoms with E-state index in [0.717, 1.165) is 9.71 Å². The van der Waals surface area contributed by atoms with Crippen LogP contribution in [-0.4, -0.2) is 33.4 Å². The van der Waals surface area contributed by atoms with Crippen molar-refractivity contribution in [1.82, 2.24) is 9.97 Å². The monoisotopic (exact) mass is 569 g/mol. The van der Waals surface area contributed by atoms with Gasteiger partial charge in [-0.1, -0.05) is 45.5 Å². The summed E-state index contributed by atoms with van der Waals surface area (Å²) in [5, 5.41) is 12.1. The largest absolute Gasteiger partial charge is 0.503 e. The number of carbonyl (C=O) groups is 2. The molecule has 0 bridgehead atoms. The first-order valence-electron chi connectivity index (χ1n) is 10.8. The molecule has 0 saturated heterocycles. The summed E-state index contributed by atoms with van der Waals surface area (Å²) in [6.45, 7) is 6.01. The van der Waals surface area contributed by atoms with Crippen LogP contribution >= 0.6 is 38.6 Å². The molecular weight excluding hydrogens is 550 g/mol. The van der Waals surface area contributed by atoms with Crippen molar-refractivity contribution in [2.45, 2.75) is 26.8 Å². The number of fused-ring (bicyclic) bond motifs is 1. The molecule has 5 rings (SSSR count). The first-order chi connectivity index (χ1) is 16.8. The lowest BCUT2D eigenvalue weighted by atomic mass is 9.95. The van der Waals surface area contributed by atoms with Crippen molar-refractivity contribution in [3.8, 4) is 5.75 Å². The second-order valence-corrected chi connectivity index (χ2v) is 11.0. The summed E-state index contributed by atoms with van der Waals surface area (Å²) in [5.41, 5.74) is 1.95. The smallest absolute Gasteiger partial charge is 0.296 e. The predicted octanol–water partition coefficient (Wildman–Crippen LogP) is 6.31. The van der Waals surface area contributed by atoms with Gasteiger partial charge in [0.1, 0.15) is 5.75 Å². The number of aliphatic hydroxyl groups is 1. The van der Waals surface area contributed by atoms with E-state index in [4.69, 9.17) is 4.74 Å². The van der Waals surface area contributed by atoms with Gasteiger partial charge in [0.25, 0.3) is 5.91 Å². The maximum absolute atomic E-state index is 13.7. The van der Waals surface area contributed by atoms with E-state index in [1.165, 1.54) is 27.6 Å². The van der Waals surface area contributed by atoms with Gasteiger partial charge in [-0.15, -0.1) is 11.3 Å². The standard InChI is InChI=1S/C25H20BrN3O4S2/c1-4-33-14-9-10-17-18(11-14)35-25(28-17)29-20(15-7-5-6-8-16(15)26)19(22(31)24(29)32)21(30)23-12(2)27-13(3)34-23/h5-11,20,31H,4H2,1-3H3. The minimum Gasteiger partial charge on any atom is -0.503 e. The van der Waals surface area contributed by atoms with E-state index in [1.54, 1.807) is 6.92 Å². The van der Waals surface area contributed by atoms with Crippen LogP contribution < -0.4 is 9.64 Å². The number of anilines is 1. The van der Waals surface area contributed by atoms with E-state index in [2.05, 4.69) is 25.9 Å². The number of carbonyl (C=O) groups excluding carboxylic acids is 2. The molecule has 0 fully saturated rings. The molecule has 1 unspecified atom stereocenters. The van der Waals surface area contributed by atoms with Crippen molar-refractivity contribution in [1.29, 1.82) is 0 Å². The number of hydrogen-bond acceptors (Lipinski definition) is 8. The fourth-order valence-corrected chi connectivity index (χ4v) is 6.54. The molecule has 1 amide bonds. The number of rotatable bonds is 6. The van der Waals surface area contributed by atoms with Gasteiger partial charge in [0.2, 0.25) is 5.78 Å². The molecule has 10 heteroatoms. The number of aliphatic hydroxyl groups excluding tert-OH is 1. The molecule has 0 aliphatic carbocycles. The molecule has 1 aliphatic heterocycles. The third-order valence-electron chi connectivity index (χ3n) is 5.63. The Labute approximate surface area is 217 Å². The zero-order valence-corrected chi connectivity index (χ0v) is 22.3. The Balaban J connectivity index is 1.67. The zero-order chi connectivity index (χ0) is 24.9. The number of ketones is 1. The highest BCUT2D eigenvalue weighted by Gasteiger charge is 2.47. The predicted molar refractivity (Wildman–Crippen MR) is 141 cm³/mol. The van der Waals surface area contributed by atoms with Crippen LogP contribution in [0, 0.1) is 13.8 Å². The first kappa shape index (κ1) is 23.7. The molecule has 0 radical (unpaired) electrons. The fourth-order valence-electron chi connectivity index (χ4n) is 4.14. The van der Waals surface area contributed by atoms with Gasteiger partial charge in [-0.2, -0.15) is 0 Å². The Morgan fingerprint density at radius 2 is 1.94 bits per heavy atom. The highest BCUT2D eigenvalue weighted by molar-refractivity contribution is 9.10. The number of benzene rings is 2. The van der Waals surface area contributed by atoms with Crippen molar-refractivity contribution in [3.63, 3.8) is 0 Å². The normalized spacial score (nSPS) is 15.9. The number of nitrogens with zero attached hydrogens (tertiary/aromatic N) is 3. The Morgan fingerprint density at radius 1 is 1.17 bits per heavy atom. The highest BCUT2D eigenvalue weighted by atomic mass is 79.9. The lowest BCUT2D eigenvalue weighted by molar-refractivity contribution is -0.117. The van der Waals surface area contributed by atoms with E-state index in [0.29, 0.717) is 43.6 Å². The van der Waals surface area contributed by atoms with Crippen molar-refractivity contribution in [3.05, 3.63) is 79.4 Å². The van der Waals surface area contributed by atoms with Crippen LogP contribution in [0.1, 0.15) is 38.9 Å². The number of aromatic nitrogens is 2. The van der Waals surface area contributed by atoms with Gasteiger partial charge in [0.15, 0.2) is 10.9 Å². The maximum atomic E-state index is 13.7. The van der Waals surface area contributed by atoms with Gasteiger partial charge < -0.3 is 9.84 Å². The molecule has 7 nitrogen and oxygen atoms in total. The average Bonchev–Trinajstić information content (AvgIpc) is 3.47. The lowest BCUT2D eigenvalue weighted by Gasteiger charge is -2.25. The SMILES string of the molecule is CCOc1ccc2nc(N3C(=O)C(O)=C(C(=O)c4sc(C)nc4C)C3c3ccccc3Br)sc2c1. The molecule has 2 aromatic carbocycles. The van der Waals surface area contributed by atoms with Gasteiger partial charge in [0.05, 0.1) is 44.0 Å². The minimum absolute atomic E-state index is 0.0166. The quantitative estimate of drug-likeness (QED) is 0.273. The van der Waals surface area contributed by atoms with E-state index >= 15 is 0 Å². The molecule has 1 atom stereocenters. The number of aryl methyl sites for hydroxylation is 2. The number of Topliss-reactive ketones (excluding diaryl/α,β-unsaturated/α-hetero) is 1. The minimum atomic E-state index is -0.862. The third-order valence-corrected chi connectivity index (χ3v) is 8.44. The molecule has 0 spiro atoms. The molecular formula is C25H20BrN3O4S2. The van der Waals surface area contributed by atoms with E-state index in [9.17, 15) is 14.7 Å². The summed E-state index contributed by atoms with van der Waals surface area (Å²) in [6.07, 6.45) is 0. The number of hydrogen-bond donors (Lipinski definition) is 1. The summed E-state index contributed by atoms with van der Waals surface area (Å²) in [7, 11) is 0. The number of halogens is 1. The summed E-state index contributed by atoms with van der Waals surface area (Å²) in [4.78, 5) is 38.0. The fraction of sp³-hybridized carbons (Fsp3) is 0.200. The van der Waals surface area contributed by atoms with Crippen LogP contribution in [0.15, 0.2) is 58.3 Å². The molecule has 4 aromatic rings. The topological polar surface area (TPSA) is 92.6 Å². The summed E-state index contributed by atoms with van der Waals surface area (Å²) in [5.74, 6) is -0.951. The van der Waals surface area contributed by atoms with E-state index in [1.807, 2.05) is 56.3 Å². The molecule has 178 valence electrons. The number of amides is 1. The molecule has 1 N–H and O–H groups in total. The van der Waals surface area contributed by atoms with Gasteiger partial charge in [-0.3, -0.25) is 14.5 Å². The Morgan fingerprint density at radius 3 is 2.63 bits per heavy atom. The van der Waals surface area contributed by atoms with Crippen LogP contribution in [-0.2, 0) is 4.79 Å². The third kappa shape index (κ3) is 4.05. The van der Waals surface area contributed by atoms with E-state index in [-0.39, 0.29) is 5.57 Å². The summed E-state index contributed by atoms with van der Waals surface area (Å²) >= 11 is 6.11. The lowest BCUT2D eigenvalue weighted by Crippen LogP contribution is -2.31. The Kier molecular flexibility index (Phi) is 6.20. The van der Waals surface area contributed by atoms with Crippen LogP contribution in [0.2, 0.25) is 0 Å². The van der Waals surface area contributed by atoms with Crippen molar-refractivity contribution >= 4 is 65.6 Å². The second-order valence-electron chi connectivity index (χ2n) is 7.90. The summed E-state index contributed by atoms with van der Waals surface area (Å²) in [6, 6.07) is 12.0. The molecule has 0 saturated carbocycles.